The Kier molecular flexibility index (Phi) is 6.29. The van der Waals surface area contributed by atoms with Crippen molar-refractivity contribution in [2.75, 3.05) is 6.61 Å². The summed E-state index contributed by atoms with van der Waals surface area (Å²) in [6.07, 6.45) is 2.72. The molecule has 0 radical (unpaired) electrons. The third-order valence-electron chi connectivity index (χ3n) is 1.87. The van der Waals surface area contributed by atoms with Gasteiger partial charge < -0.3 is 4.74 Å². The summed E-state index contributed by atoms with van der Waals surface area (Å²) in [4.78, 5) is 11.1. The molecule has 0 aliphatic rings. The standard InChI is InChI=1S/C11H20O2/c1-5-10(4)11(12)13-8-6-7-9(2)3/h9H,4-8H2,1-3H3. The van der Waals surface area contributed by atoms with Crippen LogP contribution in [0, 0.1) is 5.92 Å². The fourth-order valence-electron chi connectivity index (χ4n) is 0.903. The van der Waals surface area contributed by atoms with Crippen LogP contribution in [0.2, 0.25) is 0 Å². The Labute approximate surface area is 81.0 Å². The Morgan fingerprint density at radius 2 is 2.08 bits per heavy atom. The highest BCUT2D eigenvalue weighted by molar-refractivity contribution is 5.87. The van der Waals surface area contributed by atoms with Crippen molar-refractivity contribution in [3.63, 3.8) is 0 Å². The first-order valence-corrected chi connectivity index (χ1v) is 4.92. The number of hydrogen-bond donors (Lipinski definition) is 0. The maximum atomic E-state index is 11.1. The zero-order valence-electron chi connectivity index (χ0n) is 8.93. The number of hydrogen-bond acceptors (Lipinski definition) is 2. The SMILES string of the molecule is C=C(CC)C(=O)OCCCC(C)C. The highest BCUT2D eigenvalue weighted by Crippen LogP contribution is 2.05. The van der Waals surface area contributed by atoms with Gasteiger partial charge in [-0.05, 0) is 25.2 Å². The van der Waals surface area contributed by atoms with E-state index < -0.39 is 0 Å². The molecule has 0 saturated heterocycles. The summed E-state index contributed by atoms with van der Waals surface area (Å²) in [5.74, 6) is 0.430. The molecule has 0 heterocycles. The summed E-state index contributed by atoms with van der Waals surface area (Å²) in [5, 5.41) is 0. The molecule has 2 heteroatoms. The molecular weight excluding hydrogens is 164 g/mol. The molecular formula is C11H20O2. The predicted molar refractivity (Wildman–Crippen MR) is 54.5 cm³/mol. The van der Waals surface area contributed by atoms with Gasteiger partial charge in [-0.25, -0.2) is 4.79 Å². The van der Waals surface area contributed by atoms with Gasteiger partial charge in [-0.15, -0.1) is 0 Å². The Bertz CT molecular complexity index is 171. The summed E-state index contributed by atoms with van der Waals surface area (Å²) in [5.41, 5.74) is 0.560. The third-order valence-corrected chi connectivity index (χ3v) is 1.87. The molecule has 0 unspecified atom stereocenters. The van der Waals surface area contributed by atoms with E-state index in [1.54, 1.807) is 0 Å². The summed E-state index contributed by atoms with van der Waals surface area (Å²) >= 11 is 0. The first kappa shape index (κ1) is 12.2. The van der Waals surface area contributed by atoms with Gasteiger partial charge in [0.05, 0.1) is 6.61 Å². The lowest BCUT2D eigenvalue weighted by atomic mass is 10.1. The molecule has 0 rings (SSSR count). The second-order valence-corrected chi connectivity index (χ2v) is 3.63. The molecule has 0 fully saturated rings. The number of rotatable bonds is 6. The van der Waals surface area contributed by atoms with Gasteiger partial charge >= 0.3 is 5.97 Å². The second-order valence-electron chi connectivity index (χ2n) is 3.63. The summed E-state index contributed by atoms with van der Waals surface area (Å²) in [6, 6.07) is 0. The van der Waals surface area contributed by atoms with E-state index in [1.165, 1.54) is 0 Å². The van der Waals surface area contributed by atoms with Crippen LogP contribution in [-0.2, 0) is 9.53 Å². The van der Waals surface area contributed by atoms with E-state index in [1.807, 2.05) is 6.92 Å². The van der Waals surface area contributed by atoms with Crippen LogP contribution in [0.3, 0.4) is 0 Å². The van der Waals surface area contributed by atoms with E-state index in [0.29, 0.717) is 24.5 Å². The normalized spacial score (nSPS) is 10.2. The van der Waals surface area contributed by atoms with Gasteiger partial charge in [-0.1, -0.05) is 27.4 Å². The smallest absolute Gasteiger partial charge is 0.333 e. The summed E-state index contributed by atoms with van der Waals surface area (Å²) in [6.45, 7) is 10.4. The predicted octanol–water partition coefficient (Wildman–Crippen LogP) is 2.93. The van der Waals surface area contributed by atoms with Crippen LogP contribution in [0.15, 0.2) is 12.2 Å². The van der Waals surface area contributed by atoms with Gasteiger partial charge in [0.25, 0.3) is 0 Å². The first-order valence-electron chi connectivity index (χ1n) is 4.92. The highest BCUT2D eigenvalue weighted by atomic mass is 16.5. The molecule has 0 bridgehead atoms. The van der Waals surface area contributed by atoms with Crippen molar-refractivity contribution < 1.29 is 9.53 Å². The lowest BCUT2D eigenvalue weighted by Crippen LogP contribution is -2.08. The topological polar surface area (TPSA) is 26.3 Å². The van der Waals surface area contributed by atoms with Crippen LogP contribution < -0.4 is 0 Å². The molecule has 0 spiro atoms. The second kappa shape index (κ2) is 6.70. The van der Waals surface area contributed by atoms with Gasteiger partial charge in [0.15, 0.2) is 0 Å². The fraction of sp³-hybridized carbons (Fsp3) is 0.727. The number of esters is 1. The van der Waals surface area contributed by atoms with Crippen LogP contribution in [-0.4, -0.2) is 12.6 Å². The van der Waals surface area contributed by atoms with Crippen molar-refractivity contribution in [2.24, 2.45) is 5.92 Å². The molecule has 0 N–H and O–H groups in total. The molecule has 76 valence electrons. The minimum atomic E-state index is -0.244. The lowest BCUT2D eigenvalue weighted by molar-refractivity contribution is -0.139. The van der Waals surface area contributed by atoms with Gasteiger partial charge in [0.2, 0.25) is 0 Å². The summed E-state index contributed by atoms with van der Waals surface area (Å²) < 4.78 is 5.01. The number of ether oxygens (including phenoxy) is 1. The molecule has 0 aliphatic carbocycles. The Morgan fingerprint density at radius 3 is 2.54 bits per heavy atom. The summed E-state index contributed by atoms with van der Waals surface area (Å²) in [7, 11) is 0. The molecule has 13 heavy (non-hydrogen) atoms. The molecule has 0 aromatic heterocycles. The van der Waals surface area contributed by atoms with Crippen molar-refractivity contribution in [1.82, 2.24) is 0 Å². The number of carbonyl (C=O) groups is 1. The third kappa shape index (κ3) is 6.38. The minimum Gasteiger partial charge on any atom is -0.462 e. The van der Waals surface area contributed by atoms with Crippen LogP contribution in [0.5, 0.6) is 0 Å². The maximum absolute atomic E-state index is 11.1. The molecule has 0 saturated carbocycles. The van der Waals surface area contributed by atoms with E-state index in [-0.39, 0.29) is 5.97 Å². The molecule has 0 amide bonds. The largest absolute Gasteiger partial charge is 0.462 e. The van der Waals surface area contributed by atoms with E-state index in [0.717, 1.165) is 12.8 Å². The van der Waals surface area contributed by atoms with Crippen molar-refractivity contribution in [1.29, 1.82) is 0 Å². The van der Waals surface area contributed by atoms with E-state index >= 15 is 0 Å². The average Bonchev–Trinajstić information content (AvgIpc) is 2.10. The van der Waals surface area contributed by atoms with Crippen LogP contribution in [0.1, 0.15) is 40.0 Å². The Hall–Kier alpha value is -0.790. The van der Waals surface area contributed by atoms with E-state index in [9.17, 15) is 4.79 Å². The molecule has 0 aromatic carbocycles. The molecule has 0 aliphatic heterocycles. The lowest BCUT2D eigenvalue weighted by Gasteiger charge is -2.06. The van der Waals surface area contributed by atoms with Crippen molar-refractivity contribution in [2.45, 2.75) is 40.0 Å². The Balaban J connectivity index is 3.43. The van der Waals surface area contributed by atoms with Crippen LogP contribution in [0.4, 0.5) is 0 Å². The van der Waals surface area contributed by atoms with E-state index in [2.05, 4.69) is 20.4 Å². The van der Waals surface area contributed by atoms with Crippen LogP contribution in [0.25, 0.3) is 0 Å². The zero-order valence-corrected chi connectivity index (χ0v) is 8.93. The van der Waals surface area contributed by atoms with Crippen molar-refractivity contribution >= 4 is 5.97 Å². The van der Waals surface area contributed by atoms with Crippen LogP contribution >= 0.6 is 0 Å². The van der Waals surface area contributed by atoms with Crippen molar-refractivity contribution in [3.8, 4) is 0 Å². The molecule has 0 aromatic rings. The minimum absolute atomic E-state index is 0.244. The average molecular weight is 184 g/mol. The highest BCUT2D eigenvalue weighted by Gasteiger charge is 2.05. The van der Waals surface area contributed by atoms with Gasteiger partial charge in [0.1, 0.15) is 0 Å². The molecule has 2 nitrogen and oxygen atoms in total. The fourth-order valence-corrected chi connectivity index (χ4v) is 0.903. The van der Waals surface area contributed by atoms with Crippen molar-refractivity contribution in [3.05, 3.63) is 12.2 Å². The quantitative estimate of drug-likeness (QED) is 0.360. The zero-order chi connectivity index (χ0) is 10.3. The maximum Gasteiger partial charge on any atom is 0.333 e. The molecule has 0 atom stereocenters. The van der Waals surface area contributed by atoms with Gasteiger partial charge in [0, 0.05) is 5.57 Å². The monoisotopic (exact) mass is 184 g/mol. The first-order chi connectivity index (χ1) is 6.07. The number of carbonyl (C=O) groups excluding carboxylic acids is 1. The Morgan fingerprint density at radius 1 is 1.46 bits per heavy atom. The van der Waals surface area contributed by atoms with Gasteiger partial charge in [-0.3, -0.25) is 0 Å². The van der Waals surface area contributed by atoms with E-state index in [4.69, 9.17) is 4.74 Å². The van der Waals surface area contributed by atoms with Gasteiger partial charge in [-0.2, -0.15) is 0 Å².